The van der Waals surface area contributed by atoms with Gasteiger partial charge in [0.15, 0.2) is 6.61 Å². The largest absolute Gasteiger partial charge is 0.484 e. The minimum absolute atomic E-state index is 0.0793. The van der Waals surface area contributed by atoms with Crippen LogP contribution in [0.25, 0.3) is 0 Å². The van der Waals surface area contributed by atoms with Crippen LogP contribution in [0.2, 0.25) is 0 Å². The van der Waals surface area contributed by atoms with E-state index in [9.17, 15) is 9.90 Å². The maximum atomic E-state index is 11.8. The molecular weight excluding hydrogens is 244 g/mol. The minimum Gasteiger partial charge on any atom is -0.484 e. The molecule has 1 aromatic carbocycles. The van der Waals surface area contributed by atoms with E-state index in [2.05, 4.69) is 5.32 Å². The number of nitrogen functional groups attached to an aromatic ring is 1. The number of ether oxygens (including phenoxy) is 1. The topological polar surface area (TPSA) is 84.6 Å². The van der Waals surface area contributed by atoms with E-state index in [-0.39, 0.29) is 19.1 Å². The van der Waals surface area contributed by atoms with Gasteiger partial charge in [-0.3, -0.25) is 4.79 Å². The first-order valence-electron chi connectivity index (χ1n) is 6.45. The van der Waals surface area contributed by atoms with Crippen LogP contribution in [0.1, 0.15) is 26.7 Å². The number of hydrogen-bond acceptors (Lipinski definition) is 4. The van der Waals surface area contributed by atoms with E-state index in [0.29, 0.717) is 24.3 Å². The van der Waals surface area contributed by atoms with Gasteiger partial charge in [-0.2, -0.15) is 0 Å². The molecule has 0 saturated carbocycles. The Bertz CT molecular complexity index is 409. The Kier molecular flexibility index (Phi) is 5.63. The summed E-state index contributed by atoms with van der Waals surface area (Å²) in [6, 6.07) is 6.91. The second-order valence-corrected chi connectivity index (χ2v) is 4.55. The normalized spacial score (nSPS) is 11.1. The fourth-order valence-electron chi connectivity index (χ4n) is 1.77. The Morgan fingerprint density at radius 2 is 2.11 bits per heavy atom. The molecule has 4 N–H and O–H groups in total. The quantitative estimate of drug-likeness (QED) is 0.650. The van der Waals surface area contributed by atoms with Crippen molar-refractivity contribution in [3.05, 3.63) is 24.3 Å². The first-order valence-corrected chi connectivity index (χ1v) is 6.45. The van der Waals surface area contributed by atoms with Crippen LogP contribution in [0.4, 0.5) is 5.69 Å². The highest BCUT2D eigenvalue weighted by molar-refractivity contribution is 5.78. The van der Waals surface area contributed by atoms with Crippen molar-refractivity contribution in [2.75, 3.05) is 18.9 Å². The highest BCUT2D eigenvalue weighted by Gasteiger charge is 2.27. The van der Waals surface area contributed by atoms with E-state index in [1.165, 1.54) is 0 Å². The monoisotopic (exact) mass is 266 g/mol. The molecule has 0 aliphatic heterocycles. The van der Waals surface area contributed by atoms with Gasteiger partial charge in [0, 0.05) is 11.8 Å². The predicted octanol–water partition coefficient (Wildman–Crippen LogP) is 1.31. The number of carbonyl (C=O) groups excluding carboxylic acids is 1. The molecule has 0 spiro atoms. The zero-order valence-corrected chi connectivity index (χ0v) is 11.5. The maximum Gasteiger partial charge on any atom is 0.258 e. The van der Waals surface area contributed by atoms with Gasteiger partial charge in [0.1, 0.15) is 5.75 Å². The van der Waals surface area contributed by atoms with Gasteiger partial charge in [-0.05, 0) is 25.0 Å². The highest BCUT2D eigenvalue weighted by atomic mass is 16.5. The number of nitrogens with one attached hydrogen (secondary N) is 1. The van der Waals surface area contributed by atoms with Crippen LogP contribution in [0.3, 0.4) is 0 Å². The number of aliphatic hydroxyl groups excluding tert-OH is 1. The summed E-state index contributed by atoms with van der Waals surface area (Å²) in [5, 5.41) is 12.2. The summed E-state index contributed by atoms with van der Waals surface area (Å²) in [6.07, 6.45) is 1.34. The number of benzene rings is 1. The molecule has 5 nitrogen and oxygen atoms in total. The number of rotatable bonds is 7. The lowest BCUT2D eigenvalue weighted by Gasteiger charge is -2.30. The second kappa shape index (κ2) is 6.99. The van der Waals surface area contributed by atoms with E-state index in [1.54, 1.807) is 24.3 Å². The van der Waals surface area contributed by atoms with Crippen LogP contribution in [0, 0.1) is 0 Å². The van der Waals surface area contributed by atoms with Gasteiger partial charge in [-0.15, -0.1) is 0 Å². The van der Waals surface area contributed by atoms with Crippen molar-refractivity contribution < 1.29 is 14.6 Å². The third kappa shape index (κ3) is 4.44. The predicted molar refractivity (Wildman–Crippen MR) is 74.9 cm³/mol. The molecule has 1 aromatic rings. The summed E-state index contributed by atoms with van der Waals surface area (Å²) in [7, 11) is 0. The lowest BCUT2D eigenvalue weighted by Crippen LogP contribution is -2.51. The lowest BCUT2D eigenvalue weighted by atomic mass is 9.94. The Labute approximate surface area is 113 Å². The first-order chi connectivity index (χ1) is 9.05. The lowest BCUT2D eigenvalue weighted by molar-refractivity contribution is -0.125. The maximum absolute atomic E-state index is 11.8. The zero-order valence-electron chi connectivity index (χ0n) is 11.5. The van der Waals surface area contributed by atoms with Gasteiger partial charge < -0.3 is 20.9 Å². The average Bonchev–Trinajstić information content (AvgIpc) is 2.43. The first kappa shape index (κ1) is 15.3. The summed E-state index contributed by atoms with van der Waals surface area (Å²) in [4.78, 5) is 11.8. The number of anilines is 1. The molecule has 0 aliphatic rings. The van der Waals surface area contributed by atoms with Crippen molar-refractivity contribution in [1.82, 2.24) is 5.32 Å². The van der Waals surface area contributed by atoms with Crippen LogP contribution in [0.5, 0.6) is 5.75 Å². The van der Waals surface area contributed by atoms with Gasteiger partial charge in [-0.25, -0.2) is 0 Å². The molecule has 1 rings (SSSR count). The molecule has 106 valence electrons. The molecule has 0 saturated heterocycles. The summed E-state index contributed by atoms with van der Waals surface area (Å²) in [5.74, 6) is 0.304. The smallest absolute Gasteiger partial charge is 0.258 e. The van der Waals surface area contributed by atoms with Gasteiger partial charge >= 0.3 is 0 Å². The molecule has 0 atom stereocenters. The number of carbonyl (C=O) groups is 1. The molecule has 0 bridgehead atoms. The zero-order chi connectivity index (χ0) is 14.3. The highest BCUT2D eigenvalue weighted by Crippen LogP contribution is 2.16. The number of hydrogen-bond donors (Lipinski definition) is 3. The van der Waals surface area contributed by atoms with Crippen LogP contribution in [-0.4, -0.2) is 29.8 Å². The van der Waals surface area contributed by atoms with Crippen LogP contribution >= 0.6 is 0 Å². The molecule has 1 amide bonds. The minimum atomic E-state index is -0.559. The van der Waals surface area contributed by atoms with Gasteiger partial charge in [-0.1, -0.05) is 19.9 Å². The molecular formula is C14H22N2O3. The van der Waals surface area contributed by atoms with Crippen molar-refractivity contribution in [2.45, 2.75) is 32.2 Å². The van der Waals surface area contributed by atoms with Crippen molar-refractivity contribution in [3.8, 4) is 5.75 Å². The Balaban J connectivity index is 2.52. The molecule has 0 fully saturated rings. The Morgan fingerprint density at radius 3 is 2.63 bits per heavy atom. The SMILES string of the molecule is CCC(CC)(CO)NC(=O)COc1cccc(N)c1. The number of nitrogens with two attached hydrogens (primary N) is 1. The fraction of sp³-hybridized carbons (Fsp3) is 0.500. The van der Waals surface area contributed by atoms with Gasteiger partial charge in [0.05, 0.1) is 12.1 Å². The van der Waals surface area contributed by atoms with Crippen molar-refractivity contribution >= 4 is 11.6 Å². The van der Waals surface area contributed by atoms with E-state index in [1.807, 2.05) is 13.8 Å². The van der Waals surface area contributed by atoms with Gasteiger partial charge in [0.2, 0.25) is 0 Å². The van der Waals surface area contributed by atoms with Gasteiger partial charge in [0.25, 0.3) is 5.91 Å². The van der Waals surface area contributed by atoms with Crippen LogP contribution in [0.15, 0.2) is 24.3 Å². The fourth-order valence-corrected chi connectivity index (χ4v) is 1.77. The third-order valence-electron chi connectivity index (χ3n) is 3.29. The summed E-state index contributed by atoms with van der Waals surface area (Å²) >= 11 is 0. The van der Waals surface area contributed by atoms with Crippen LogP contribution in [-0.2, 0) is 4.79 Å². The molecule has 0 aromatic heterocycles. The molecule has 0 heterocycles. The van der Waals surface area contributed by atoms with E-state index >= 15 is 0 Å². The van der Waals surface area contributed by atoms with E-state index in [0.717, 1.165) is 0 Å². The van der Waals surface area contributed by atoms with Crippen molar-refractivity contribution in [3.63, 3.8) is 0 Å². The summed E-state index contributed by atoms with van der Waals surface area (Å²) in [5.41, 5.74) is 5.65. The molecule has 5 heteroatoms. The second-order valence-electron chi connectivity index (χ2n) is 4.55. The van der Waals surface area contributed by atoms with Crippen molar-refractivity contribution in [1.29, 1.82) is 0 Å². The molecule has 0 radical (unpaired) electrons. The number of amides is 1. The molecule has 0 aliphatic carbocycles. The molecule has 0 unspecified atom stereocenters. The average molecular weight is 266 g/mol. The van der Waals surface area contributed by atoms with Crippen LogP contribution < -0.4 is 15.8 Å². The third-order valence-corrected chi connectivity index (χ3v) is 3.29. The Morgan fingerprint density at radius 1 is 1.42 bits per heavy atom. The number of aliphatic hydroxyl groups is 1. The molecule has 19 heavy (non-hydrogen) atoms. The summed E-state index contributed by atoms with van der Waals surface area (Å²) < 4.78 is 5.35. The van der Waals surface area contributed by atoms with E-state index < -0.39 is 5.54 Å². The summed E-state index contributed by atoms with van der Waals surface area (Å²) in [6.45, 7) is 3.69. The standard InChI is InChI=1S/C14H22N2O3/c1-3-14(4-2,10-17)16-13(18)9-19-12-7-5-6-11(15)8-12/h5-8,17H,3-4,9-10,15H2,1-2H3,(H,16,18). The van der Waals surface area contributed by atoms with Crippen molar-refractivity contribution in [2.24, 2.45) is 0 Å². The Hall–Kier alpha value is -1.75. The van der Waals surface area contributed by atoms with E-state index in [4.69, 9.17) is 10.5 Å².